The van der Waals surface area contributed by atoms with E-state index < -0.39 is 5.97 Å². The Morgan fingerprint density at radius 3 is 2.43 bits per heavy atom. The van der Waals surface area contributed by atoms with Crippen molar-refractivity contribution in [3.8, 4) is 0 Å². The second-order valence-corrected chi connectivity index (χ2v) is 5.48. The van der Waals surface area contributed by atoms with Crippen molar-refractivity contribution < 1.29 is 19.4 Å². The number of ether oxygens (including phenoxy) is 1. The largest absolute Gasteiger partial charge is 0.478 e. The Kier molecular flexibility index (Phi) is 4.80. The van der Waals surface area contributed by atoms with Gasteiger partial charge in [-0.15, -0.1) is 0 Å². The van der Waals surface area contributed by atoms with E-state index in [0.717, 1.165) is 18.4 Å². The Bertz CT molecular complexity index is 507. The third-order valence-electron chi connectivity index (χ3n) is 3.67. The molecule has 0 atom stereocenters. The Labute approximate surface area is 123 Å². The summed E-state index contributed by atoms with van der Waals surface area (Å²) in [4.78, 5) is 22.7. The monoisotopic (exact) mass is 292 g/mol. The van der Waals surface area contributed by atoms with Gasteiger partial charge in [-0.05, 0) is 37.5 Å². The van der Waals surface area contributed by atoms with Crippen LogP contribution in [0.3, 0.4) is 0 Å². The van der Waals surface area contributed by atoms with Crippen LogP contribution in [-0.2, 0) is 11.3 Å². The van der Waals surface area contributed by atoms with Gasteiger partial charge in [0.05, 0.1) is 5.56 Å². The fraction of sp³-hybridized carbons (Fsp3) is 0.467. The van der Waals surface area contributed by atoms with Crippen LogP contribution >= 0.6 is 0 Å². The van der Waals surface area contributed by atoms with Gasteiger partial charge in [0.1, 0.15) is 0 Å². The summed E-state index contributed by atoms with van der Waals surface area (Å²) in [6, 6.07) is 6.22. The number of nitrogens with one attached hydrogen (secondary N) is 2. The third-order valence-corrected chi connectivity index (χ3v) is 3.67. The van der Waals surface area contributed by atoms with Crippen LogP contribution in [0.4, 0.5) is 4.79 Å². The van der Waals surface area contributed by atoms with Crippen LogP contribution in [0, 0.1) is 0 Å². The second kappa shape index (κ2) is 6.58. The molecule has 2 rings (SSSR count). The van der Waals surface area contributed by atoms with Crippen LogP contribution in [0.2, 0.25) is 0 Å². The Morgan fingerprint density at radius 1 is 1.24 bits per heavy atom. The molecule has 0 unspecified atom stereocenters. The summed E-state index contributed by atoms with van der Waals surface area (Å²) in [5.74, 6) is -0.959. The first-order chi connectivity index (χ1) is 9.98. The van der Waals surface area contributed by atoms with E-state index in [1.807, 2.05) is 6.92 Å². The van der Waals surface area contributed by atoms with E-state index >= 15 is 0 Å². The molecule has 6 nitrogen and oxygen atoms in total. The number of carboxylic acids is 1. The van der Waals surface area contributed by atoms with E-state index in [-0.39, 0.29) is 17.1 Å². The summed E-state index contributed by atoms with van der Waals surface area (Å²) in [6.07, 6.45) is 1.60. The molecule has 114 valence electrons. The Morgan fingerprint density at radius 2 is 1.86 bits per heavy atom. The molecule has 1 aliphatic rings. The van der Waals surface area contributed by atoms with E-state index in [1.54, 1.807) is 12.1 Å². The van der Waals surface area contributed by atoms with Crippen molar-refractivity contribution >= 4 is 12.0 Å². The van der Waals surface area contributed by atoms with Crippen LogP contribution in [0.15, 0.2) is 24.3 Å². The quantitative estimate of drug-likeness (QED) is 0.789. The maximum absolute atomic E-state index is 11.9. The molecule has 0 radical (unpaired) electrons. The fourth-order valence-corrected chi connectivity index (χ4v) is 2.21. The lowest BCUT2D eigenvalue weighted by Crippen LogP contribution is -2.52. The van der Waals surface area contributed by atoms with E-state index in [1.165, 1.54) is 12.1 Å². The minimum absolute atomic E-state index is 0.221. The zero-order chi connectivity index (χ0) is 15.3. The molecule has 0 bridgehead atoms. The minimum atomic E-state index is -0.959. The van der Waals surface area contributed by atoms with Crippen molar-refractivity contribution in [1.82, 2.24) is 10.6 Å². The van der Waals surface area contributed by atoms with Gasteiger partial charge in [-0.2, -0.15) is 0 Å². The number of carbonyl (C=O) groups excluding carboxylic acids is 1. The van der Waals surface area contributed by atoms with Gasteiger partial charge in [0.2, 0.25) is 0 Å². The summed E-state index contributed by atoms with van der Waals surface area (Å²) >= 11 is 0. The van der Waals surface area contributed by atoms with Gasteiger partial charge < -0.3 is 20.5 Å². The van der Waals surface area contributed by atoms with Gasteiger partial charge in [0, 0.05) is 25.3 Å². The van der Waals surface area contributed by atoms with E-state index in [0.29, 0.717) is 19.8 Å². The molecule has 3 N–H and O–H groups in total. The number of aromatic carboxylic acids is 1. The van der Waals surface area contributed by atoms with Crippen LogP contribution in [-0.4, -0.2) is 35.9 Å². The van der Waals surface area contributed by atoms with Gasteiger partial charge in [-0.25, -0.2) is 9.59 Å². The average molecular weight is 292 g/mol. The maximum atomic E-state index is 11.9. The van der Waals surface area contributed by atoms with Crippen molar-refractivity contribution in [2.24, 2.45) is 0 Å². The first-order valence-corrected chi connectivity index (χ1v) is 6.94. The molecule has 0 spiro atoms. The highest BCUT2D eigenvalue weighted by molar-refractivity contribution is 5.87. The number of hydrogen-bond acceptors (Lipinski definition) is 3. The van der Waals surface area contributed by atoms with E-state index in [4.69, 9.17) is 9.84 Å². The molecule has 21 heavy (non-hydrogen) atoms. The minimum Gasteiger partial charge on any atom is -0.478 e. The average Bonchev–Trinajstić information content (AvgIpc) is 2.46. The predicted molar refractivity (Wildman–Crippen MR) is 77.2 cm³/mol. The van der Waals surface area contributed by atoms with Crippen LogP contribution in [0.5, 0.6) is 0 Å². The molecule has 6 heteroatoms. The molecule has 1 fully saturated rings. The lowest BCUT2D eigenvalue weighted by Gasteiger charge is -2.34. The van der Waals surface area contributed by atoms with Crippen molar-refractivity contribution in [2.45, 2.75) is 31.8 Å². The number of hydrogen-bond donors (Lipinski definition) is 3. The van der Waals surface area contributed by atoms with Gasteiger partial charge in [0.15, 0.2) is 0 Å². The topological polar surface area (TPSA) is 87.7 Å². The number of amides is 2. The Hall–Kier alpha value is -2.08. The van der Waals surface area contributed by atoms with Gasteiger partial charge >= 0.3 is 12.0 Å². The smallest absolute Gasteiger partial charge is 0.335 e. The first-order valence-electron chi connectivity index (χ1n) is 6.94. The number of carboxylic acid groups (broad SMARTS) is 1. The fourth-order valence-electron chi connectivity index (χ4n) is 2.21. The number of benzene rings is 1. The molecule has 1 aromatic rings. The van der Waals surface area contributed by atoms with E-state index in [2.05, 4.69) is 10.6 Å². The molecular weight excluding hydrogens is 272 g/mol. The third kappa shape index (κ3) is 4.46. The van der Waals surface area contributed by atoms with Gasteiger partial charge in [-0.1, -0.05) is 12.1 Å². The summed E-state index contributed by atoms with van der Waals surface area (Å²) in [6.45, 7) is 3.69. The molecule has 0 aliphatic carbocycles. The highest BCUT2D eigenvalue weighted by Gasteiger charge is 2.28. The number of rotatable bonds is 4. The summed E-state index contributed by atoms with van der Waals surface area (Å²) in [5, 5.41) is 14.6. The van der Waals surface area contributed by atoms with Crippen molar-refractivity contribution in [2.75, 3.05) is 13.2 Å². The maximum Gasteiger partial charge on any atom is 0.335 e. The predicted octanol–water partition coefficient (Wildman–Crippen LogP) is 1.75. The molecule has 0 aromatic heterocycles. The number of carbonyl (C=O) groups is 2. The number of urea groups is 1. The molecular formula is C15H20N2O4. The van der Waals surface area contributed by atoms with Crippen molar-refractivity contribution in [3.63, 3.8) is 0 Å². The second-order valence-electron chi connectivity index (χ2n) is 5.48. The first kappa shape index (κ1) is 15.3. The zero-order valence-electron chi connectivity index (χ0n) is 12.0. The van der Waals surface area contributed by atoms with Crippen LogP contribution < -0.4 is 10.6 Å². The zero-order valence-corrected chi connectivity index (χ0v) is 12.0. The molecule has 1 heterocycles. The van der Waals surface area contributed by atoms with Crippen molar-refractivity contribution in [1.29, 1.82) is 0 Å². The molecule has 1 saturated heterocycles. The SMILES string of the molecule is CC1(NC(=O)NCc2ccc(C(=O)O)cc2)CCOCC1. The molecule has 1 aromatic carbocycles. The van der Waals surface area contributed by atoms with Gasteiger partial charge in [0.25, 0.3) is 0 Å². The van der Waals surface area contributed by atoms with Crippen LogP contribution in [0.25, 0.3) is 0 Å². The molecule has 0 saturated carbocycles. The highest BCUT2D eigenvalue weighted by Crippen LogP contribution is 2.19. The summed E-state index contributed by atoms with van der Waals surface area (Å²) in [7, 11) is 0. The van der Waals surface area contributed by atoms with Gasteiger partial charge in [-0.3, -0.25) is 0 Å². The van der Waals surface area contributed by atoms with Crippen molar-refractivity contribution in [3.05, 3.63) is 35.4 Å². The highest BCUT2D eigenvalue weighted by atomic mass is 16.5. The van der Waals surface area contributed by atoms with E-state index in [9.17, 15) is 9.59 Å². The lowest BCUT2D eigenvalue weighted by atomic mass is 9.93. The normalized spacial score (nSPS) is 17.0. The summed E-state index contributed by atoms with van der Waals surface area (Å²) < 4.78 is 5.29. The Balaban J connectivity index is 1.82. The lowest BCUT2D eigenvalue weighted by molar-refractivity contribution is 0.0492. The van der Waals surface area contributed by atoms with Crippen LogP contribution in [0.1, 0.15) is 35.7 Å². The molecule has 2 amide bonds. The standard InChI is InChI=1S/C15H20N2O4/c1-15(6-8-21-9-7-15)17-14(20)16-10-11-2-4-12(5-3-11)13(18)19/h2-5H,6-10H2,1H3,(H,18,19)(H2,16,17,20). The summed E-state index contributed by atoms with van der Waals surface area (Å²) in [5.41, 5.74) is 0.861. The molecule has 1 aliphatic heterocycles.